The normalized spacial score (nSPS) is 10.5. The van der Waals surface area contributed by atoms with Crippen LogP contribution in [0.1, 0.15) is 0 Å². The van der Waals surface area contributed by atoms with Gasteiger partial charge in [-0.1, -0.05) is 12.1 Å². The summed E-state index contributed by atoms with van der Waals surface area (Å²) >= 11 is 5.60. The Labute approximate surface area is 78.7 Å². The topological polar surface area (TPSA) is 56.2 Å². The molecule has 0 radical (unpaired) electrons. The molecule has 2 N–H and O–H groups in total. The average molecular weight is 196 g/mol. The molecule has 66 valence electrons. The molecular weight excluding hydrogens is 190 g/mol. The van der Waals surface area contributed by atoms with Gasteiger partial charge in [-0.05, 0) is 23.7 Å². The lowest BCUT2D eigenvalue weighted by atomic mass is 10.2. The van der Waals surface area contributed by atoms with Gasteiger partial charge in [0, 0.05) is 0 Å². The van der Waals surface area contributed by atoms with Gasteiger partial charge in [0.2, 0.25) is 10.6 Å². The van der Waals surface area contributed by atoms with Crippen molar-refractivity contribution in [3.05, 3.63) is 39.7 Å². The van der Waals surface area contributed by atoms with Crippen molar-refractivity contribution in [3.8, 4) is 0 Å². The second-order valence-corrected chi connectivity index (χ2v) is 2.96. The van der Waals surface area contributed by atoms with Crippen molar-refractivity contribution in [3.63, 3.8) is 0 Å². The zero-order valence-corrected chi connectivity index (χ0v) is 7.34. The maximum atomic E-state index is 11.5. The molecule has 0 atom stereocenters. The Hall–Kier alpha value is -1.48. The molecule has 4 heteroatoms. The van der Waals surface area contributed by atoms with Crippen molar-refractivity contribution in [1.29, 1.82) is 0 Å². The van der Waals surface area contributed by atoms with Gasteiger partial charge in [-0.15, -0.1) is 0 Å². The van der Waals surface area contributed by atoms with Crippen molar-refractivity contribution in [2.75, 3.05) is 5.73 Å². The van der Waals surface area contributed by atoms with Crippen LogP contribution in [0.4, 0.5) is 5.69 Å². The van der Waals surface area contributed by atoms with Gasteiger partial charge in [0.1, 0.15) is 11.3 Å². The standard InChI is InChI=1S/C9H6ClNO2/c10-9-7(11)8(12)5-3-1-2-4-6(5)13-9/h1-4H,11H2. The van der Waals surface area contributed by atoms with E-state index in [4.69, 9.17) is 21.8 Å². The highest BCUT2D eigenvalue weighted by Gasteiger charge is 2.07. The summed E-state index contributed by atoms with van der Waals surface area (Å²) in [5.74, 6) is 0. The molecule has 0 saturated heterocycles. The van der Waals surface area contributed by atoms with Crippen LogP contribution in [0.15, 0.2) is 33.5 Å². The monoisotopic (exact) mass is 195 g/mol. The molecule has 1 aromatic heterocycles. The maximum absolute atomic E-state index is 11.5. The van der Waals surface area contributed by atoms with E-state index in [2.05, 4.69) is 0 Å². The van der Waals surface area contributed by atoms with Crippen LogP contribution in [-0.2, 0) is 0 Å². The summed E-state index contributed by atoms with van der Waals surface area (Å²) in [5.41, 5.74) is 5.53. The van der Waals surface area contributed by atoms with Crippen LogP contribution in [0.5, 0.6) is 0 Å². The highest BCUT2D eigenvalue weighted by molar-refractivity contribution is 6.31. The van der Waals surface area contributed by atoms with E-state index in [0.717, 1.165) is 0 Å². The van der Waals surface area contributed by atoms with Crippen molar-refractivity contribution in [2.45, 2.75) is 0 Å². The van der Waals surface area contributed by atoms with Crippen LogP contribution in [0.25, 0.3) is 11.0 Å². The number of anilines is 1. The van der Waals surface area contributed by atoms with Crippen molar-refractivity contribution >= 4 is 28.3 Å². The molecule has 0 unspecified atom stereocenters. The van der Waals surface area contributed by atoms with E-state index in [0.29, 0.717) is 11.0 Å². The van der Waals surface area contributed by atoms with Crippen LogP contribution < -0.4 is 11.2 Å². The van der Waals surface area contributed by atoms with E-state index in [9.17, 15) is 4.79 Å². The average Bonchev–Trinajstić information content (AvgIpc) is 2.15. The number of benzene rings is 1. The molecule has 2 rings (SSSR count). The van der Waals surface area contributed by atoms with Gasteiger partial charge in [-0.25, -0.2) is 0 Å². The second kappa shape index (κ2) is 2.78. The Bertz CT molecular complexity index is 518. The summed E-state index contributed by atoms with van der Waals surface area (Å²) in [6.45, 7) is 0. The number of fused-ring (bicyclic) bond motifs is 1. The fourth-order valence-electron chi connectivity index (χ4n) is 1.13. The number of nitrogen functional groups attached to an aromatic ring is 1. The molecule has 1 aromatic carbocycles. The van der Waals surface area contributed by atoms with Crippen LogP contribution in [0.3, 0.4) is 0 Å². The van der Waals surface area contributed by atoms with Gasteiger partial charge in [0.05, 0.1) is 5.39 Å². The molecule has 0 fully saturated rings. The molecule has 0 amide bonds. The van der Waals surface area contributed by atoms with Crippen LogP contribution in [0.2, 0.25) is 5.22 Å². The lowest BCUT2D eigenvalue weighted by Crippen LogP contribution is -2.08. The Morgan fingerprint density at radius 1 is 1.31 bits per heavy atom. The highest BCUT2D eigenvalue weighted by Crippen LogP contribution is 2.20. The third-order valence-electron chi connectivity index (χ3n) is 1.79. The summed E-state index contributed by atoms with van der Waals surface area (Å²) in [6.07, 6.45) is 0. The predicted octanol–water partition coefficient (Wildman–Crippen LogP) is 2.03. The molecule has 0 aliphatic heterocycles. The largest absolute Gasteiger partial charge is 0.442 e. The number of rotatable bonds is 0. The third-order valence-corrected chi connectivity index (χ3v) is 2.07. The summed E-state index contributed by atoms with van der Waals surface area (Å²) in [6, 6.07) is 6.82. The SMILES string of the molecule is Nc1c(Cl)oc2ccccc2c1=O. The Morgan fingerprint density at radius 2 is 2.00 bits per heavy atom. The summed E-state index contributed by atoms with van der Waals surface area (Å²) in [7, 11) is 0. The van der Waals surface area contributed by atoms with E-state index in [1.54, 1.807) is 24.3 Å². The first-order valence-electron chi connectivity index (χ1n) is 3.67. The summed E-state index contributed by atoms with van der Waals surface area (Å²) in [4.78, 5) is 11.5. The van der Waals surface area contributed by atoms with Crippen LogP contribution >= 0.6 is 11.6 Å². The molecular formula is C9H6ClNO2. The third kappa shape index (κ3) is 1.17. The van der Waals surface area contributed by atoms with E-state index < -0.39 is 0 Å². The molecule has 1 heterocycles. The Balaban J connectivity index is 3.03. The Kier molecular flexibility index (Phi) is 1.74. The fourth-order valence-corrected chi connectivity index (χ4v) is 1.30. The van der Waals surface area contributed by atoms with E-state index in [1.165, 1.54) is 0 Å². The smallest absolute Gasteiger partial charge is 0.220 e. The molecule has 3 nitrogen and oxygen atoms in total. The maximum Gasteiger partial charge on any atom is 0.220 e. The molecule has 13 heavy (non-hydrogen) atoms. The van der Waals surface area contributed by atoms with Gasteiger partial charge in [-0.3, -0.25) is 4.79 Å². The van der Waals surface area contributed by atoms with Gasteiger partial charge >= 0.3 is 0 Å². The molecule has 0 aliphatic carbocycles. The minimum atomic E-state index is -0.285. The minimum Gasteiger partial charge on any atom is -0.442 e. The Morgan fingerprint density at radius 3 is 2.77 bits per heavy atom. The van der Waals surface area contributed by atoms with Gasteiger partial charge in [0.25, 0.3) is 0 Å². The zero-order chi connectivity index (χ0) is 9.42. The number of para-hydroxylation sites is 1. The minimum absolute atomic E-state index is 0.0413. The summed E-state index contributed by atoms with van der Waals surface area (Å²) < 4.78 is 5.11. The molecule has 0 aliphatic rings. The van der Waals surface area contributed by atoms with E-state index >= 15 is 0 Å². The number of hydrogen-bond acceptors (Lipinski definition) is 3. The summed E-state index contributed by atoms with van der Waals surface area (Å²) in [5, 5.41) is 0.396. The molecule has 0 spiro atoms. The molecule has 2 aromatic rings. The lowest BCUT2D eigenvalue weighted by molar-refractivity contribution is 0.607. The van der Waals surface area contributed by atoms with E-state index in [1.807, 2.05) is 0 Å². The lowest BCUT2D eigenvalue weighted by Gasteiger charge is -1.99. The zero-order valence-electron chi connectivity index (χ0n) is 6.58. The molecule has 0 saturated carbocycles. The quantitative estimate of drug-likeness (QED) is 0.700. The number of hydrogen-bond donors (Lipinski definition) is 1. The first-order valence-corrected chi connectivity index (χ1v) is 4.05. The van der Waals surface area contributed by atoms with Crippen molar-refractivity contribution < 1.29 is 4.42 Å². The second-order valence-electron chi connectivity index (χ2n) is 2.61. The first-order chi connectivity index (χ1) is 6.20. The van der Waals surface area contributed by atoms with Crippen molar-refractivity contribution in [1.82, 2.24) is 0 Å². The van der Waals surface area contributed by atoms with Gasteiger partial charge < -0.3 is 10.2 Å². The van der Waals surface area contributed by atoms with E-state index in [-0.39, 0.29) is 16.3 Å². The van der Waals surface area contributed by atoms with Gasteiger partial charge in [0.15, 0.2) is 0 Å². The van der Waals surface area contributed by atoms with Crippen LogP contribution in [-0.4, -0.2) is 0 Å². The van der Waals surface area contributed by atoms with Crippen molar-refractivity contribution in [2.24, 2.45) is 0 Å². The van der Waals surface area contributed by atoms with Crippen LogP contribution in [0, 0.1) is 0 Å². The number of nitrogens with two attached hydrogens (primary N) is 1. The number of halogens is 1. The highest BCUT2D eigenvalue weighted by atomic mass is 35.5. The molecule has 0 bridgehead atoms. The first kappa shape index (κ1) is 8.13. The fraction of sp³-hybridized carbons (Fsp3) is 0. The van der Waals surface area contributed by atoms with Gasteiger partial charge in [-0.2, -0.15) is 0 Å². The predicted molar refractivity (Wildman–Crippen MR) is 51.9 cm³/mol.